The minimum Gasteiger partial charge on any atom is -0.508 e. The van der Waals surface area contributed by atoms with Crippen LogP contribution in [0.1, 0.15) is 87.5 Å². The topological polar surface area (TPSA) is 60.7 Å². The molecule has 0 unspecified atom stereocenters. The zero-order chi connectivity index (χ0) is 26.9. The molecule has 0 saturated heterocycles. The SMILES string of the molecule is C=C(C)[C@H]1CCC(C)=C[C@H]1c1c(/C=C/c2ccc(O)cc2)cc(O)c([C@@H]2C=C(C)CC[C@H]2C(=C)C)c1O. The van der Waals surface area contributed by atoms with E-state index in [0.717, 1.165) is 53.5 Å². The van der Waals surface area contributed by atoms with Gasteiger partial charge in [-0.05, 0) is 94.5 Å². The van der Waals surface area contributed by atoms with Crippen LogP contribution in [0.25, 0.3) is 12.2 Å². The second-order valence-corrected chi connectivity index (χ2v) is 11.1. The van der Waals surface area contributed by atoms with Crippen LogP contribution in [0, 0.1) is 11.8 Å². The molecule has 4 atom stereocenters. The summed E-state index contributed by atoms with van der Waals surface area (Å²) in [4.78, 5) is 0. The summed E-state index contributed by atoms with van der Waals surface area (Å²) in [5.41, 5.74) is 7.89. The Kier molecular flexibility index (Phi) is 7.82. The Hall–Kier alpha value is -3.46. The maximum absolute atomic E-state index is 12.0. The van der Waals surface area contributed by atoms with Gasteiger partial charge in [0.25, 0.3) is 0 Å². The molecule has 3 heteroatoms. The molecule has 3 nitrogen and oxygen atoms in total. The Morgan fingerprint density at radius 1 is 0.784 bits per heavy atom. The minimum atomic E-state index is -0.128. The summed E-state index contributed by atoms with van der Waals surface area (Å²) >= 11 is 0. The van der Waals surface area contributed by atoms with Crippen LogP contribution >= 0.6 is 0 Å². The molecule has 0 aromatic heterocycles. The van der Waals surface area contributed by atoms with Gasteiger partial charge in [0.05, 0.1) is 0 Å². The van der Waals surface area contributed by atoms with E-state index >= 15 is 0 Å². The molecule has 0 bridgehead atoms. The molecule has 2 aromatic rings. The normalized spacial score (nSPS) is 24.0. The predicted octanol–water partition coefficient (Wildman–Crippen LogP) is 9.01. The summed E-state index contributed by atoms with van der Waals surface area (Å²) < 4.78 is 0. The van der Waals surface area contributed by atoms with Gasteiger partial charge in [0, 0.05) is 23.0 Å². The highest BCUT2D eigenvalue weighted by Gasteiger charge is 2.35. The fraction of sp³-hybridized carbons (Fsp3) is 0.353. The molecule has 3 N–H and O–H groups in total. The average molecular weight is 497 g/mol. The minimum absolute atomic E-state index is 0.0398. The largest absolute Gasteiger partial charge is 0.508 e. The molecule has 2 aromatic carbocycles. The third-order valence-electron chi connectivity index (χ3n) is 8.16. The van der Waals surface area contributed by atoms with Gasteiger partial charge in [-0.1, -0.05) is 71.9 Å². The van der Waals surface area contributed by atoms with E-state index in [2.05, 4.69) is 46.1 Å². The number of hydrogen-bond acceptors (Lipinski definition) is 3. The zero-order valence-electron chi connectivity index (χ0n) is 22.6. The van der Waals surface area contributed by atoms with Crippen LogP contribution in [0.3, 0.4) is 0 Å². The summed E-state index contributed by atoms with van der Waals surface area (Å²) in [7, 11) is 0. The first-order valence-corrected chi connectivity index (χ1v) is 13.3. The number of hydrogen-bond donors (Lipinski definition) is 3. The Morgan fingerprint density at radius 2 is 1.30 bits per heavy atom. The van der Waals surface area contributed by atoms with E-state index in [1.165, 1.54) is 11.1 Å². The standard InChI is InChI=1S/C34H40O3/c1-20(2)27-15-7-22(5)17-29(27)32-25(12-9-24-10-13-26(35)14-11-24)19-31(36)33(34(32)37)30-18-23(6)8-16-28(30)21(3)4/h9-14,17-19,27-30,35-37H,1,3,7-8,15-16H2,2,4-6H3/b12-9+/t27-,28+,29-,30-/m1/s1. The number of phenols is 3. The fourth-order valence-electron chi connectivity index (χ4n) is 6.11. The lowest BCUT2D eigenvalue weighted by atomic mass is 9.70. The Balaban J connectivity index is 1.94. The number of phenolic OH excluding ortho intramolecular Hbond substituents is 3. The molecule has 2 aliphatic rings. The van der Waals surface area contributed by atoms with Gasteiger partial charge < -0.3 is 15.3 Å². The molecule has 0 amide bonds. The van der Waals surface area contributed by atoms with Crippen molar-refractivity contribution in [1.82, 2.24) is 0 Å². The zero-order valence-corrected chi connectivity index (χ0v) is 22.6. The van der Waals surface area contributed by atoms with Crippen LogP contribution in [0.5, 0.6) is 17.2 Å². The molecule has 2 aliphatic carbocycles. The number of allylic oxidation sites excluding steroid dienone is 6. The Labute approximate surface area is 221 Å². The quantitative estimate of drug-likeness (QED) is 0.276. The second-order valence-electron chi connectivity index (χ2n) is 11.1. The predicted molar refractivity (Wildman–Crippen MR) is 155 cm³/mol. The first kappa shape index (κ1) is 26.6. The number of rotatable bonds is 6. The van der Waals surface area contributed by atoms with Gasteiger partial charge in [0.2, 0.25) is 0 Å². The van der Waals surface area contributed by atoms with E-state index in [1.54, 1.807) is 12.1 Å². The van der Waals surface area contributed by atoms with E-state index < -0.39 is 0 Å². The van der Waals surface area contributed by atoms with Crippen molar-refractivity contribution in [3.05, 3.63) is 100 Å². The van der Waals surface area contributed by atoms with E-state index in [9.17, 15) is 15.3 Å². The van der Waals surface area contributed by atoms with E-state index in [0.29, 0.717) is 5.56 Å². The van der Waals surface area contributed by atoms with Crippen LogP contribution in [-0.2, 0) is 0 Å². The lowest BCUT2D eigenvalue weighted by molar-refractivity contribution is 0.394. The smallest absolute Gasteiger partial charge is 0.127 e. The Bertz CT molecular complexity index is 1290. The maximum atomic E-state index is 12.0. The summed E-state index contributed by atoms with van der Waals surface area (Å²) in [6.07, 6.45) is 12.3. The van der Waals surface area contributed by atoms with Crippen LogP contribution in [0.4, 0.5) is 0 Å². The van der Waals surface area contributed by atoms with Crippen molar-refractivity contribution in [2.24, 2.45) is 11.8 Å². The molecule has 0 spiro atoms. The fourth-order valence-corrected chi connectivity index (χ4v) is 6.11. The summed E-state index contributed by atoms with van der Waals surface area (Å²) in [5.74, 6) is 0.694. The first-order valence-electron chi connectivity index (χ1n) is 13.3. The van der Waals surface area contributed by atoms with Crippen LogP contribution in [-0.4, -0.2) is 15.3 Å². The van der Waals surface area contributed by atoms with Gasteiger partial charge in [-0.15, -0.1) is 0 Å². The van der Waals surface area contributed by atoms with Gasteiger partial charge in [-0.25, -0.2) is 0 Å². The number of benzene rings is 2. The van der Waals surface area contributed by atoms with Crippen molar-refractivity contribution in [2.45, 2.75) is 65.2 Å². The molecule has 0 heterocycles. The highest BCUT2D eigenvalue weighted by molar-refractivity contribution is 5.76. The first-order chi connectivity index (χ1) is 17.6. The molecule has 0 aliphatic heterocycles. The monoisotopic (exact) mass is 496 g/mol. The third kappa shape index (κ3) is 5.61. The van der Waals surface area contributed by atoms with Gasteiger partial charge in [-0.3, -0.25) is 0 Å². The van der Waals surface area contributed by atoms with Crippen molar-refractivity contribution < 1.29 is 15.3 Å². The molecular weight excluding hydrogens is 456 g/mol. The van der Waals surface area contributed by atoms with Crippen molar-refractivity contribution in [3.8, 4) is 17.2 Å². The Morgan fingerprint density at radius 3 is 1.81 bits per heavy atom. The van der Waals surface area contributed by atoms with Crippen LogP contribution < -0.4 is 0 Å². The van der Waals surface area contributed by atoms with Gasteiger partial charge in [0.15, 0.2) is 0 Å². The number of aromatic hydroxyl groups is 3. The van der Waals surface area contributed by atoms with E-state index in [-0.39, 0.29) is 40.9 Å². The molecule has 0 fully saturated rings. The molecule has 37 heavy (non-hydrogen) atoms. The van der Waals surface area contributed by atoms with Crippen molar-refractivity contribution in [1.29, 1.82) is 0 Å². The molecular formula is C34H40O3. The molecule has 4 rings (SSSR count). The van der Waals surface area contributed by atoms with Gasteiger partial charge in [0.1, 0.15) is 17.2 Å². The lowest BCUT2D eigenvalue weighted by Crippen LogP contribution is -2.20. The second kappa shape index (κ2) is 10.9. The molecule has 0 radical (unpaired) electrons. The van der Waals surface area contributed by atoms with Gasteiger partial charge in [-0.2, -0.15) is 0 Å². The van der Waals surface area contributed by atoms with Crippen LogP contribution in [0.15, 0.2) is 77.9 Å². The highest BCUT2D eigenvalue weighted by Crippen LogP contribution is 2.52. The van der Waals surface area contributed by atoms with Crippen molar-refractivity contribution in [2.75, 3.05) is 0 Å². The molecule has 0 saturated carbocycles. The average Bonchev–Trinajstić information content (AvgIpc) is 2.83. The summed E-state index contributed by atoms with van der Waals surface area (Å²) in [5, 5.41) is 33.0. The molecule has 194 valence electrons. The van der Waals surface area contributed by atoms with Crippen LogP contribution in [0.2, 0.25) is 0 Å². The summed E-state index contributed by atoms with van der Waals surface area (Å²) in [6, 6.07) is 8.79. The highest BCUT2D eigenvalue weighted by atomic mass is 16.3. The van der Waals surface area contributed by atoms with E-state index in [4.69, 9.17) is 0 Å². The van der Waals surface area contributed by atoms with Crippen molar-refractivity contribution in [3.63, 3.8) is 0 Å². The van der Waals surface area contributed by atoms with Crippen molar-refractivity contribution >= 4 is 12.2 Å². The summed E-state index contributed by atoms with van der Waals surface area (Å²) in [6.45, 7) is 16.9. The van der Waals surface area contributed by atoms with E-state index in [1.807, 2.05) is 37.3 Å². The lowest BCUT2D eigenvalue weighted by Gasteiger charge is -2.35. The van der Waals surface area contributed by atoms with Gasteiger partial charge >= 0.3 is 0 Å². The maximum Gasteiger partial charge on any atom is 0.127 e. The third-order valence-corrected chi connectivity index (χ3v) is 8.16.